The third kappa shape index (κ3) is 9.68. The molecule has 2 amide bonds. The normalized spacial score (nSPS) is 15.9. The minimum Gasteiger partial charge on any atom is -0.659 e. The average Bonchev–Trinajstić information content (AvgIpc) is 3.44. The molecule has 13 nitrogen and oxygen atoms in total. The summed E-state index contributed by atoms with van der Waals surface area (Å²) in [6.07, 6.45) is 0.958. The predicted molar refractivity (Wildman–Crippen MR) is 185 cm³/mol. The first-order chi connectivity index (χ1) is 23.4. The van der Waals surface area contributed by atoms with E-state index >= 15 is 0 Å². The number of aryl methyl sites for hydroxylation is 1. The Labute approximate surface area is 318 Å². The van der Waals surface area contributed by atoms with Gasteiger partial charge in [-0.3, -0.25) is 9.59 Å². The van der Waals surface area contributed by atoms with E-state index in [0.717, 1.165) is 67.5 Å². The van der Waals surface area contributed by atoms with E-state index in [1.165, 1.54) is 0 Å². The Hall–Kier alpha value is -3.39. The van der Waals surface area contributed by atoms with Crippen LogP contribution in [0.15, 0.2) is 29.1 Å². The number of rotatable bonds is 6. The second-order valence-electron chi connectivity index (χ2n) is 12.8. The molecule has 2 aromatic heterocycles. The zero-order chi connectivity index (χ0) is 35.9. The number of hydrogen-bond acceptors (Lipinski definition) is 9. The third-order valence-corrected chi connectivity index (χ3v) is 8.31. The molecular weight excluding hydrogens is 719 g/mol. The number of amides is 2. The van der Waals surface area contributed by atoms with Crippen LogP contribution < -0.4 is 10.9 Å². The maximum atomic E-state index is 13.0. The molecule has 3 aliphatic heterocycles. The third-order valence-electron chi connectivity index (χ3n) is 8.31. The van der Waals surface area contributed by atoms with Crippen molar-refractivity contribution in [2.75, 3.05) is 32.7 Å². The molecule has 50 heavy (non-hydrogen) atoms. The first-order valence-electron chi connectivity index (χ1n) is 17.0. The van der Waals surface area contributed by atoms with Crippen LogP contribution in [0.2, 0.25) is 0 Å². The number of aliphatic hydroxyl groups excluding tert-OH is 1. The molecule has 0 spiro atoms. The van der Waals surface area contributed by atoms with Crippen molar-refractivity contribution in [1.29, 1.82) is 0 Å². The van der Waals surface area contributed by atoms with Crippen molar-refractivity contribution < 1.29 is 66.8 Å². The van der Waals surface area contributed by atoms with Crippen molar-refractivity contribution in [2.24, 2.45) is 0 Å². The van der Waals surface area contributed by atoms with E-state index in [9.17, 15) is 29.4 Å². The van der Waals surface area contributed by atoms with Crippen molar-refractivity contribution in [3.63, 3.8) is 0 Å². The van der Waals surface area contributed by atoms with Gasteiger partial charge in [-0.2, -0.15) is 0 Å². The molecule has 0 saturated carbocycles. The number of carbonyl (C=O) groups excluding carboxylic acids is 3. The van der Waals surface area contributed by atoms with Crippen molar-refractivity contribution in [1.82, 2.24) is 19.8 Å². The van der Waals surface area contributed by atoms with E-state index in [1.807, 2.05) is 46.4 Å². The number of piperazine rings is 1. The van der Waals surface area contributed by atoms with E-state index in [-0.39, 0.29) is 56.5 Å². The number of fused-ring (bicyclic) bond motifs is 5. The van der Waals surface area contributed by atoms with Gasteiger partial charge in [0.25, 0.3) is 5.56 Å². The van der Waals surface area contributed by atoms with Gasteiger partial charge in [-0.05, 0) is 69.9 Å². The molecule has 0 aliphatic carbocycles. The number of ether oxygens (including phenoxy) is 2. The number of esters is 1. The summed E-state index contributed by atoms with van der Waals surface area (Å²) in [5.41, 5.74) is 3.79. The standard InChI is InChI=1S/C20H16N2O5.C14H26N3O3.C2H6.Y/c1-2-10-11-5-9(23)3-4-15(11)21-17-13(10)7-22-16(17)6-12-14(19(22)25)8-27-20(26)18(12)24;1-14(2,3)20-13(19)16-7-5-4-6-12(18)17-10-8-15-9-11-17;1-2;/h3-6,18,23-24H,2,7-8H2,1H3;4-11H2,1-3H3,(H,16,19);1-2H3;/q;-1;;. The number of aliphatic hydroxyl groups is 1. The molecular formula is C36H48N5O8Y-. The summed E-state index contributed by atoms with van der Waals surface area (Å²) >= 11 is 0. The van der Waals surface area contributed by atoms with E-state index in [0.29, 0.717) is 42.0 Å². The number of benzene rings is 1. The van der Waals surface area contributed by atoms with Crippen molar-refractivity contribution in [3.05, 3.63) is 62.2 Å². The minimum atomic E-state index is -1.46. The molecule has 1 radical (unpaired) electrons. The number of hydrogen-bond donors (Lipinski definition) is 3. The van der Waals surface area contributed by atoms with Gasteiger partial charge in [0.15, 0.2) is 6.10 Å². The maximum Gasteiger partial charge on any atom is 0.407 e. The Kier molecular flexibility index (Phi) is 14.9. The van der Waals surface area contributed by atoms with Crippen LogP contribution in [0.1, 0.15) is 89.2 Å². The van der Waals surface area contributed by atoms with Crippen LogP contribution in [0, 0.1) is 0 Å². The number of phenols is 1. The van der Waals surface area contributed by atoms with Gasteiger partial charge in [0.1, 0.15) is 18.0 Å². The smallest absolute Gasteiger partial charge is 0.407 e. The number of phenolic OH excluding ortho intramolecular Hbond substituents is 1. The van der Waals surface area contributed by atoms with Gasteiger partial charge in [0.05, 0.1) is 29.0 Å². The summed E-state index contributed by atoms with van der Waals surface area (Å²) < 4.78 is 11.6. The predicted octanol–water partition coefficient (Wildman–Crippen LogP) is 4.70. The Morgan fingerprint density at radius 3 is 2.46 bits per heavy atom. The van der Waals surface area contributed by atoms with Crippen LogP contribution in [-0.2, 0) is 71.3 Å². The van der Waals surface area contributed by atoms with E-state index in [1.54, 1.807) is 28.8 Å². The molecule has 1 saturated heterocycles. The molecule has 1 fully saturated rings. The Bertz CT molecular complexity index is 1750. The Morgan fingerprint density at radius 1 is 1.10 bits per heavy atom. The summed E-state index contributed by atoms with van der Waals surface area (Å²) in [4.78, 5) is 54.5. The Morgan fingerprint density at radius 2 is 1.80 bits per heavy atom. The van der Waals surface area contributed by atoms with Gasteiger partial charge >= 0.3 is 12.1 Å². The number of cyclic esters (lactones) is 1. The van der Waals surface area contributed by atoms with Crippen LogP contribution in [0.25, 0.3) is 27.6 Å². The molecule has 6 rings (SSSR count). The first-order valence-corrected chi connectivity index (χ1v) is 17.0. The van der Waals surface area contributed by atoms with Crippen molar-refractivity contribution in [3.8, 4) is 17.1 Å². The summed E-state index contributed by atoms with van der Waals surface area (Å²) in [5.74, 6) is -0.390. The van der Waals surface area contributed by atoms with Crippen molar-refractivity contribution in [2.45, 2.75) is 92.1 Å². The molecule has 269 valence electrons. The van der Waals surface area contributed by atoms with Crippen LogP contribution >= 0.6 is 0 Å². The van der Waals surface area contributed by atoms with Gasteiger partial charge in [0, 0.05) is 75.3 Å². The van der Waals surface area contributed by atoms with Crippen LogP contribution in [-0.4, -0.2) is 81.0 Å². The van der Waals surface area contributed by atoms with Crippen LogP contribution in [0.4, 0.5) is 4.79 Å². The molecule has 14 heteroatoms. The van der Waals surface area contributed by atoms with E-state index < -0.39 is 23.8 Å². The van der Waals surface area contributed by atoms with Gasteiger partial charge in [-0.15, -0.1) is 13.1 Å². The molecule has 3 N–H and O–H groups in total. The average molecular weight is 768 g/mol. The number of unbranched alkanes of at least 4 members (excludes halogenated alkanes) is 1. The van der Waals surface area contributed by atoms with E-state index in [2.05, 4.69) is 10.6 Å². The molecule has 1 unspecified atom stereocenters. The fourth-order valence-corrected chi connectivity index (χ4v) is 6.02. The molecule has 1 atom stereocenters. The quantitative estimate of drug-likeness (QED) is 0.186. The topological polar surface area (TPSA) is 174 Å². The molecule has 3 aromatic rings. The van der Waals surface area contributed by atoms with Crippen LogP contribution in [0.5, 0.6) is 5.75 Å². The van der Waals surface area contributed by atoms with Crippen LogP contribution in [0.3, 0.4) is 0 Å². The van der Waals surface area contributed by atoms with Gasteiger partial charge in [-0.25, -0.2) is 14.6 Å². The minimum absolute atomic E-state index is 0. The number of pyridine rings is 2. The molecule has 1 aromatic carbocycles. The van der Waals surface area contributed by atoms with Crippen molar-refractivity contribution >= 4 is 28.9 Å². The first kappa shape index (κ1) is 41.0. The van der Waals surface area contributed by atoms with Gasteiger partial charge in [-0.1, -0.05) is 20.8 Å². The maximum absolute atomic E-state index is 13.0. The molecule has 0 bridgehead atoms. The number of alkyl carbamates (subject to hydrolysis) is 1. The second kappa shape index (κ2) is 18.2. The second-order valence-corrected chi connectivity index (χ2v) is 12.8. The Balaban J connectivity index is 0.000000265. The number of aromatic hydroxyl groups is 1. The molecule has 5 heterocycles. The number of nitrogens with one attached hydrogen (secondary N) is 1. The fourth-order valence-electron chi connectivity index (χ4n) is 6.02. The summed E-state index contributed by atoms with van der Waals surface area (Å²) in [6.45, 7) is 15.3. The monoisotopic (exact) mass is 767 g/mol. The summed E-state index contributed by atoms with van der Waals surface area (Å²) in [7, 11) is 0. The number of nitrogens with zero attached hydrogens (tertiary/aromatic N) is 4. The SMILES string of the molecule is CC.CC(C)(C)OC(=O)NCCCCC(=O)N1CC[N-]CC1.CCc1c2c(nc3ccc(O)cc13)-c1cc3c(c(=O)n1C2)COC(=O)C3O.[Y]. The zero-order valence-corrected chi connectivity index (χ0v) is 32.7. The molecule has 3 aliphatic rings. The zero-order valence-electron chi connectivity index (χ0n) is 29.9. The number of carbonyl (C=O) groups is 3. The summed E-state index contributed by atoms with van der Waals surface area (Å²) in [5, 5.41) is 27.8. The van der Waals surface area contributed by atoms with E-state index in [4.69, 9.17) is 14.5 Å². The largest absolute Gasteiger partial charge is 0.659 e. The number of aromatic nitrogens is 2. The van der Waals surface area contributed by atoms with Gasteiger partial charge in [0.2, 0.25) is 5.91 Å². The fraction of sp³-hybridized carbons (Fsp3) is 0.528. The van der Waals surface area contributed by atoms with Gasteiger partial charge < -0.3 is 39.8 Å². The summed E-state index contributed by atoms with van der Waals surface area (Å²) in [6, 6.07) is 6.69.